The van der Waals surface area contributed by atoms with Crippen LogP contribution in [0.2, 0.25) is 0 Å². The molecule has 5 heteroatoms. The van der Waals surface area contributed by atoms with E-state index in [-0.39, 0.29) is 18.2 Å². The summed E-state index contributed by atoms with van der Waals surface area (Å²) in [5.41, 5.74) is 1.08. The van der Waals surface area contributed by atoms with Gasteiger partial charge in [0.1, 0.15) is 5.76 Å². The van der Waals surface area contributed by atoms with Gasteiger partial charge in [-0.2, -0.15) is 0 Å². The van der Waals surface area contributed by atoms with Crippen molar-refractivity contribution in [2.45, 2.75) is 50.9 Å². The monoisotopic (exact) mass is 328 g/mol. The molecule has 0 unspecified atom stereocenters. The number of furan rings is 1. The van der Waals surface area contributed by atoms with E-state index in [9.17, 15) is 9.90 Å². The standard InChI is InChI=1S/C19H24N2O3/c22-17-10-8-16(9-11-17)20-19(23)21(14-18-7-4-12-24-18)13-15-5-2-1-3-6-15/h1-7,12,16-17,22H,8-11,13-14H2,(H,20,23). The molecule has 1 fully saturated rings. The highest BCUT2D eigenvalue weighted by Gasteiger charge is 2.23. The smallest absolute Gasteiger partial charge is 0.318 e. The SMILES string of the molecule is O=C(NC1CCC(O)CC1)N(Cc1ccccc1)Cc1ccco1. The van der Waals surface area contributed by atoms with Gasteiger partial charge in [0, 0.05) is 12.6 Å². The van der Waals surface area contributed by atoms with Gasteiger partial charge in [-0.1, -0.05) is 30.3 Å². The summed E-state index contributed by atoms with van der Waals surface area (Å²) in [5, 5.41) is 12.7. The Morgan fingerprint density at radius 3 is 2.50 bits per heavy atom. The zero-order chi connectivity index (χ0) is 16.8. The van der Waals surface area contributed by atoms with Gasteiger partial charge in [0.25, 0.3) is 0 Å². The number of nitrogens with zero attached hydrogens (tertiary/aromatic N) is 1. The van der Waals surface area contributed by atoms with Gasteiger partial charge >= 0.3 is 6.03 Å². The average Bonchev–Trinajstić information content (AvgIpc) is 3.10. The Balaban J connectivity index is 1.65. The summed E-state index contributed by atoms with van der Waals surface area (Å²) in [4.78, 5) is 14.5. The van der Waals surface area contributed by atoms with Gasteiger partial charge in [-0.05, 0) is 43.4 Å². The van der Waals surface area contributed by atoms with Gasteiger partial charge < -0.3 is 19.7 Å². The molecule has 2 aromatic rings. The average molecular weight is 328 g/mol. The van der Waals surface area contributed by atoms with E-state index in [1.165, 1.54) is 0 Å². The summed E-state index contributed by atoms with van der Waals surface area (Å²) in [6.07, 6.45) is 4.56. The summed E-state index contributed by atoms with van der Waals surface area (Å²) >= 11 is 0. The number of urea groups is 1. The number of hydrogen-bond donors (Lipinski definition) is 2. The van der Waals surface area contributed by atoms with Gasteiger partial charge in [0.2, 0.25) is 0 Å². The van der Waals surface area contributed by atoms with E-state index >= 15 is 0 Å². The minimum absolute atomic E-state index is 0.0864. The molecule has 1 heterocycles. The fourth-order valence-electron chi connectivity index (χ4n) is 3.08. The predicted octanol–water partition coefficient (Wildman–Crippen LogP) is 3.29. The van der Waals surface area contributed by atoms with Crippen LogP contribution in [0.3, 0.4) is 0 Å². The second-order valence-electron chi connectivity index (χ2n) is 6.38. The first kappa shape index (κ1) is 16.6. The molecular formula is C19H24N2O3. The lowest BCUT2D eigenvalue weighted by Gasteiger charge is -2.29. The predicted molar refractivity (Wildman–Crippen MR) is 91.2 cm³/mol. The molecule has 1 aliphatic carbocycles. The molecule has 1 aromatic carbocycles. The number of carbonyl (C=O) groups excluding carboxylic acids is 1. The van der Waals surface area contributed by atoms with E-state index in [1.807, 2.05) is 42.5 Å². The Hall–Kier alpha value is -2.27. The van der Waals surface area contributed by atoms with Crippen molar-refractivity contribution in [3.05, 3.63) is 60.1 Å². The van der Waals surface area contributed by atoms with Crippen molar-refractivity contribution in [2.24, 2.45) is 0 Å². The van der Waals surface area contributed by atoms with Crippen LogP contribution < -0.4 is 5.32 Å². The van der Waals surface area contributed by atoms with Crippen molar-refractivity contribution in [3.8, 4) is 0 Å². The molecule has 2 amide bonds. The molecule has 128 valence electrons. The van der Waals surface area contributed by atoms with Crippen LogP contribution in [0.25, 0.3) is 0 Å². The van der Waals surface area contributed by atoms with E-state index in [1.54, 1.807) is 11.2 Å². The number of rotatable bonds is 5. The van der Waals surface area contributed by atoms with Crippen LogP contribution in [0.15, 0.2) is 53.1 Å². The van der Waals surface area contributed by atoms with Crippen LogP contribution in [0.1, 0.15) is 37.0 Å². The first-order valence-corrected chi connectivity index (χ1v) is 8.50. The third kappa shape index (κ3) is 4.61. The zero-order valence-corrected chi connectivity index (χ0v) is 13.7. The topological polar surface area (TPSA) is 65.7 Å². The Morgan fingerprint density at radius 1 is 1.08 bits per heavy atom. The van der Waals surface area contributed by atoms with E-state index in [0.29, 0.717) is 13.1 Å². The van der Waals surface area contributed by atoms with Gasteiger partial charge in [0.05, 0.1) is 18.9 Å². The lowest BCUT2D eigenvalue weighted by atomic mass is 9.93. The quantitative estimate of drug-likeness (QED) is 0.885. The van der Waals surface area contributed by atoms with Crippen LogP contribution in [0.4, 0.5) is 4.79 Å². The van der Waals surface area contributed by atoms with Crippen LogP contribution in [-0.2, 0) is 13.1 Å². The van der Waals surface area contributed by atoms with Gasteiger partial charge in [-0.15, -0.1) is 0 Å². The molecule has 0 spiro atoms. The summed E-state index contributed by atoms with van der Waals surface area (Å²) in [6.45, 7) is 0.964. The van der Waals surface area contributed by atoms with E-state index in [4.69, 9.17) is 4.42 Å². The molecule has 0 atom stereocenters. The number of hydrogen-bond acceptors (Lipinski definition) is 3. The molecule has 0 radical (unpaired) electrons. The first-order valence-electron chi connectivity index (χ1n) is 8.50. The maximum atomic E-state index is 12.7. The molecule has 5 nitrogen and oxygen atoms in total. The third-order valence-electron chi connectivity index (χ3n) is 4.45. The van der Waals surface area contributed by atoms with E-state index in [0.717, 1.165) is 37.0 Å². The minimum Gasteiger partial charge on any atom is -0.467 e. The maximum Gasteiger partial charge on any atom is 0.318 e. The normalized spacial score (nSPS) is 20.5. The highest BCUT2D eigenvalue weighted by Crippen LogP contribution is 2.19. The molecular weight excluding hydrogens is 304 g/mol. The molecule has 0 bridgehead atoms. The Labute approximate surface area is 142 Å². The highest BCUT2D eigenvalue weighted by molar-refractivity contribution is 5.74. The van der Waals surface area contributed by atoms with Crippen molar-refractivity contribution in [3.63, 3.8) is 0 Å². The van der Waals surface area contributed by atoms with Gasteiger partial charge in [-0.25, -0.2) is 4.79 Å². The molecule has 1 saturated carbocycles. The van der Waals surface area contributed by atoms with Crippen LogP contribution >= 0.6 is 0 Å². The fourth-order valence-corrected chi connectivity index (χ4v) is 3.08. The molecule has 1 aromatic heterocycles. The highest BCUT2D eigenvalue weighted by atomic mass is 16.3. The van der Waals surface area contributed by atoms with Crippen molar-refractivity contribution >= 4 is 6.03 Å². The van der Waals surface area contributed by atoms with Crippen LogP contribution in [0, 0.1) is 0 Å². The Bertz CT molecular complexity index is 619. The number of benzene rings is 1. The fraction of sp³-hybridized carbons (Fsp3) is 0.421. The molecule has 3 rings (SSSR count). The first-order chi connectivity index (χ1) is 11.7. The Kier molecular flexibility index (Phi) is 5.54. The second kappa shape index (κ2) is 8.02. The number of carbonyl (C=O) groups is 1. The molecule has 1 aliphatic rings. The molecule has 24 heavy (non-hydrogen) atoms. The van der Waals surface area contributed by atoms with Crippen molar-refractivity contribution in [1.82, 2.24) is 10.2 Å². The largest absolute Gasteiger partial charge is 0.467 e. The number of aliphatic hydroxyl groups excluding tert-OH is 1. The summed E-state index contributed by atoms with van der Waals surface area (Å²) in [5.74, 6) is 0.764. The molecule has 0 aliphatic heterocycles. The summed E-state index contributed by atoms with van der Waals surface area (Å²) in [6, 6.07) is 13.7. The summed E-state index contributed by atoms with van der Waals surface area (Å²) in [7, 11) is 0. The second-order valence-corrected chi connectivity index (χ2v) is 6.38. The van der Waals surface area contributed by atoms with Crippen molar-refractivity contribution in [2.75, 3.05) is 0 Å². The van der Waals surface area contributed by atoms with Crippen molar-refractivity contribution in [1.29, 1.82) is 0 Å². The van der Waals surface area contributed by atoms with Gasteiger partial charge in [-0.3, -0.25) is 0 Å². The minimum atomic E-state index is -0.221. The number of amides is 2. The molecule has 2 N–H and O–H groups in total. The lowest BCUT2D eigenvalue weighted by molar-refractivity contribution is 0.114. The van der Waals surface area contributed by atoms with Crippen LogP contribution in [0.5, 0.6) is 0 Å². The Morgan fingerprint density at radius 2 is 1.83 bits per heavy atom. The number of aliphatic hydroxyl groups is 1. The third-order valence-corrected chi connectivity index (χ3v) is 4.45. The van der Waals surface area contributed by atoms with Crippen LogP contribution in [-0.4, -0.2) is 28.2 Å². The van der Waals surface area contributed by atoms with E-state index in [2.05, 4.69) is 5.32 Å². The summed E-state index contributed by atoms with van der Waals surface area (Å²) < 4.78 is 5.40. The number of nitrogens with one attached hydrogen (secondary N) is 1. The van der Waals surface area contributed by atoms with Gasteiger partial charge in [0.15, 0.2) is 0 Å². The van der Waals surface area contributed by atoms with Crippen molar-refractivity contribution < 1.29 is 14.3 Å². The molecule has 0 saturated heterocycles. The lowest BCUT2D eigenvalue weighted by Crippen LogP contribution is -2.45. The van der Waals surface area contributed by atoms with E-state index < -0.39 is 0 Å². The maximum absolute atomic E-state index is 12.7. The zero-order valence-electron chi connectivity index (χ0n) is 13.7.